The molecule has 4 rings (SSSR count). The summed E-state index contributed by atoms with van der Waals surface area (Å²) in [5, 5.41) is 13.6. The van der Waals surface area contributed by atoms with Crippen LogP contribution in [0.5, 0.6) is 0 Å². The van der Waals surface area contributed by atoms with Crippen molar-refractivity contribution in [1.82, 2.24) is 15.1 Å². The highest BCUT2D eigenvalue weighted by molar-refractivity contribution is 5.76. The number of nitrogens with zero attached hydrogens (tertiary/aromatic N) is 2. The van der Waals surface area contributed by atoms with Crippen LogP contribution in [0.3, 0.4) is 0 Å². The van der Waals surface area contributed by atoms with Gasteiger partial charge in [-0.15, -0.1) is 0 Å². The molecule has 1 saturated carbocycles. The van der Waals surface area contributed by atoms with Crippen LogP contribution in [-0.2, 0) is 5.41 Å². The van der Waals surface area contributed by atoms with Gasteiger partial charge in [-0.3, -0.25) is 4.90 Å². The fourth-order valence-electron chi connectivity index (χ4n) is 5.39. The van der Waals surface area contributed by atoms with Gasteiger partial charge in [-0.2, -0.15) is 0 Å². The summed E-state index contributed by atoms with van der Waals surface area (Å²) in [6.07, 6.45) is 7.31. The molecule has 2 atom stereocenters. The largest absolute Gasteiger partial charge is 0.391 e. The van der Waals surface area contributed by atoms with Crippen molar-refractivity contribution in [3.05, 3.63) is 35.9 Å². The first kappa shape index (κ1) is 19.7. The monoisotopic (exact) mass is 385 g/mol. The first-order valence-electron chi connectivity index (χ1n) is 11.1. The van der Waals surface area contributed by atoms with E-state index in [1.165, 1.54) is 12.0 Å². The lowest BCUT2D eigenvalue weighted by molar-refractivity contribution is 0.00693. The Morgan fingerprint density at radius 3 is 2.43 bits per heavy atom. The summed E-state index contributed by atoms with van der Waals surface area (Å²) in [5.41, 5.74) is 1.47. The van der Waals surface area contributed by atoms with E-state index in [1.54, 1.807) is 0 Å². The molecule has 0 aromatic heterocycles. The number of hydrogen-bond donors (Lipinski definition) is 2. The minimum Gasteiger partial charge on any atom is -0.391 e. The average Bonchev–Trinajstić information content (AvgIpc) is 2.70. The van der Waals surface area contributed by atoms with Crippen molar-refractivity contribution in [2.24, 2.45) is 0 Å². The number of hydrogen-bond acceptors (Lipinski definition) is 3. The van der Waals surface area contributed by atoms with E-state index in [-0.39, 0.29) is 23.6 Å². The van der Waals surface area contributed by atoms with E-state index in [0.717, 1.165) is 64.7 Å². The van der Waals surface area contributed by atoms with Gasteiger partial charge in [0, 0.05) is 43.7 Å². The summed E-state index contributed by atoms with van der Waals surface area (Å²) in [6.45, 7) is 5.81. The van der Waals surface area contributed by atoms with E-state index >= 15 is 0 Å². The molecule has 0 radical (unpaired) electrons. The quantitative estimate of drug-likeness (QED) is 0.837. The van der Waals surface area contributed by atoms with Crippen LogP contribution in [0.1, 0.15) is 57.4 Å². The van der Waals surface area contributed by atoms with E-state index in [1.807, 2.05) is 4.90 Å². The Kier molecular flexibility index (Phi) is 5.93. The highest BCUT2D eigenvalue weighted by Crippen LogP contribution is 2.37. The highest BCUT2D eigenvalue weighted by atomic mass is 16.3. The van der Waals surface area contributed by atoms with Gasteiger partial charge in [0.15, 0.2) is 0 Å². The van der Waals surface area contributed by atoms with Gasteiger partial charge in [-0.1, -0.05) is 50.1 Å². The highest BCUT2D eigenvalue weighted by Gasteiger charge is 2.45. The summed E-state index contributed by atoms with van der Waals surface area (Å²) in [6, 6.07) is 11.3. The smallest absolute Gasteiger partial charge is 0.317 e. The number of carbonyl (C=O) groups is 1. The van der Waals surface area contributed by atoms with Crippen LogP contribution in [0.2, 0.25) is 0 Å². The van der Waals surface area contributed by atoms with Crippen molar-refractivity contribution in [2.45, 2.75) is 75.5 Å². The standard InChI is InChI=1S/C23H35N3O2/c1-2-23(18-8-4-3-5-9-18)16-26(17-23)22(28)24-19-12-14-25(15-13-19)20-10-6-7-11-21(20)27/h3-5,8-9,19-21,27H,2,6-7,10-17H2,1H3,(H,24,28). The molecule has 0 bridgehead atoms. The molecule has 5 heteroatoms. The number of amides is 2. The van der Waals surface area contributed by atoms with Crippen molar-refractivity contribution in [1.29, 1.82) is 0 Å². The summed E-state index contributed by atoms with van der Waals surface area (Å²) >= 11 is 0. The average molecular weight is 386 g/mol. The number of rotatable bonds is 4. The van der Waals surface area contributed by atoms with Crippen molar-refractivity contribution < 1.29 is 9.90 Å². The van der Waals surface area contributed by atoms with Gasteiger partial charge in [0.25, 0.3) is 0 Å². The van der Waals surface area contributed by atoms with Crippen molar-refractivity contribution in [2.75, 3.05) is 26.2 Å². The van der Waals surface area contributed by atoms with Crippen LogP contribution >= 0.6 is 0 Å². The van der Waals surface area contributed by atoms with Gasteiger partial charge in [-0.25, -0.2) is 4.79 Å². The van der Waals surface area contributed by atoms with Gasteiger partial charge < -0.3 is 15.3 Å². The first-order valence-corrected chi connectivity index (χ1v) is 11.1. The minimum atomic E-state index is -0.166. The SMILES string of the molecule is CCC1(c2ccccc2)CN(C(=O)NC2CCN(C3CCCCC3O)CC2)C1. The Balaban J connectivity index is 1.24. The molecule has 1 aromatic rings. The van der Waals surface area contributed by atoms with Crippen molar-refractivity contribution in [3.63, 3.8) is 0 Å². The second-order valence-electron chi connectivity index (χ2n) is 9.03. The molecule has 154 valence electrons. The molecule has 3 aliphatic rings. The van der Waals surface area contributed by atoms with Gasteiger partial charge in [-0.05, 0) is 37.7 Å². The summed E-state index contributed by atoms with van der Waals surface area (Å²) in [7, 11) is 0. The maximum atomic E-state index is 12.7. The second-order valence-corrected chi connectivity index (χ2v) is 9.03. The lowest BCUT2D eigenvalue weighted by Gasteiger charge is -2.50. The molecule has 2 amide bonds. The Bertz CT molecular complexity index is 651. The minimum absolute atomic E-state index is 0.0937. The fourth-order valence-corrected chi connectivity index (χ4v) is 5.39. The molecule has 2 aliphatic heterocycles. The van der Waals surface area contributed by atoms with Crippen LogP contribution in [0, 0.1) is 0 Å². The van der Waals surface area contributed by atoms with Crippen LogP contribution < -0.4 is 5.32 Å². The second kappa shape index (κ2) is 8.42. The lowest BCUT2D eigenvalue weighted by Crippen LogP contribution is -2.64. The maximum absolute atomic E-state index is 12.7. The lowest BCUT2D eigenvalue weighted by atomic mass is 9.72. The van der Waals surface area contributed by atoms with E-state index in [4.69, 9.17) is 0 Å². The van der Waals surface area contributed by atoms with Crippen LogP contribution in [0.25, 0.3) is 0 Å². The van der Waals surface area contributed by atoms with E-state index in [2.05, 4.69) is 47.5 Å². The van der Waals surface area contributed by atoms with Crippen LogP contribution in [0.15, 0.2) is 30.3 Å². The Morgan fingerprint density at radius 2 is 1.79 bits per heavy atom. The number of piperidine rings is 1. The first-order chi connectivity index (χ1) is 13.6. The molecule has 5 nitrogen and oxygen atoms in total. The predicted molar refractivity (Wildman–Crippen MR) is 111 cm³/mol. The molecule has 2 N–H and O–H groups in total. The zero-order valence-electron chi connectivity index (χ0n) is 17.1. The van der Waals surface area contributed by atoms with Gasteiger partial charge >= 0.3 is 6.03 Å². The van der Waals surface area contributed by atoms with Crippen LogP contribution in [0.4, 0.5) is 4.79 Å². The van der Waals surface area contributed by atoms with E-state index < -0.39 is 0 Å². The molecule has 1 aliphatic carbocycles. The van der Waals surface area contributed by atoms with Crippen molar-refractivity contribution >= 4 is 6.03 Å². The Labute approximate surface area is 169 Å². The molecule has 28 heavy (non-hydrogen) atoms. The van der Waals surface area contributed by atoms with Gasteiger partial charge in [0.05, 0.1) is 6.10 Å². The predicted octanol–water partition coefficient (Wildman–Crippen LogP) is 3.13. The summed E-state index contributed by atoms with van der Waals surface area (Å²) < 4.78 is 0. The number of carbonyl (C=O) groups excluding carboxylic acids is 1. The number of aliphatic hydroxyl groups is 1. The van der Waals surface area contributed by atoms with E-state index in [9.17, 15) is 9.90 Å². The summed E-state index contributed by atoms with van der Waals surface area (Å²) in [5.74, 6) is 0. The maximum Gasteiger partial charge on any atom is 0.317 e. The molecule has 1 aromatic carbocycles. The third-order valence-electron chi connectivity index (χ3n) is 7.36. The zero-order chi connectivity index (χ0) is 19.6. The van der Waals surface area contributed by atoms with Gasteiger partial charge in [0.1, 0.15) is 0 Å². The molecule has 3 fully saturated rings. The zero-order valence-corrected chi connectivity index (χ0v) is 17.1. The third-order valence-corrected chi connectivity index (χ3v) is 7.36. The molecular weight excluding hydrogens is 350 g/mol. The number of urea groups is 1. The van der Waals surface area contributed by atoms with Crippen LogP contribution in [-0.4, -0.2) is 65.3 Å². The van der Waals surface area contributed by atoms with E-state index in [0.29, 0.717) is 6.04 Å². The summed E-state index contributed by atoms with van der Waals surface area (Å²) in [4.78, 5) is 17.1. The fraction of sp³-hybridized carbons (Fsp3) is 0.696. The number of aliphatic hydroxyl groups excluding tert-OH is 1. The Hall–Kier alpha value is -1.59. The molecule has 2 saturated heterocycles. The molecule has 0 spiro atoms. The number of likely N-dealkylation sites (tertiary alicyclic amines) is 2. The number of benzene rings is 1. The van der Waals surface area contributed by atoms with Gasteiger partial charge in [0.2, 0.25) is 0 Å². The number of nitrogens with one attached hydrogen (secondary N) is 1. The third kappa shape index (κ3) is 3.92. The van der Waals surface area contributed by atoms with Crippen molar-refractivity contribution in [3.8, 4) is 0 Å². The normalized spacial score (nSPS) is 28.6. The molecular formula is C23H35N3O2. The molecule has 2 heterocycles. The topological polar surface area (TPSA) is 55.8 Å². The Morgan fingerprint density at radius 1 is 1.11 bits per heavy atom. The molecule has 2 unspecified atom stereocenters.